The average Bonchev–Trinajstić information content (AvgIpc) is 2.95. The molecule has 0 amide bonds. The van der Waals surface area contributed by atoms with Crippen molar-refractivity contribution in [3.63, 3.8) is 0 Å². The van der Waals surface area contributed by atoms with Crippen molar-refractivity contribution in [1.82, 2.24) is 9.97 Å². The lowest BCUT2D eigenvalue weighted by atomic mass is 10.0. The maximum Gasteiger partial charge on any atom is 0.159 e. The summed E-state index contributed by atoms with van der Waals surface area (Å²) < 4.78 is 43.4. The lowest BCUT2D eigenvalue weighted by molar-refractivity contribution is -0.00167. The van der Waals surface area contributed by atoms with Gasteiger partial charge in [0.25, 0.3) is 0 Å². The molecule has 2 aromatic rings. The molecule has 0 aliphatic carbocycles. The lowest BCUT2D eigenvalue weighted by Gasteiger charge is -2.13. The predicted octanol–water partition coefficient (Wildman–Crippen LogP) is 2.03. The fourth-order valence-corrected chi connectivity index (χ4v) is 3.19. The standard InChI is InChI=1S/C27H42N2O9/c1-31-7-9-33-11-13-35-15-17-37-21-24-4-3-23(27-28-6-5-26(20-30)29-27)19-25(24)22-38-18-16-36-14-12-34-10-8-32-2/h3-6,19,30H,7-18,20-22H2,1-2H3. The Hall–Kier alpha value is -2.06. The predicted molar refractivity (Wildman–Crippen MR) is 140 cm³/mol. The molecule has 0 unspecified atom stereocenters. The highest BCUT2D eigenvalue weighted by atomic mass is 16.6. The SMILES string of the molecule is COCCOCCOCCOCc1ccc(-c2nccc(CO)n2)cc1COCCOCCOCCOC. The molecule has 0 radical (unpaired) electrons. The van der Waals surface area contributed by atoms with Gasteiger partial charge in [0, 0.05) is 26.0 Å². The summed E-state index contributed by atoms with van der Waals surface area (Å²) in [6.45, 7) is 6.81. The summed E-state index contributed by atoms with van der Waals surface area (Å²) >= 11 is 0. The number of hydrogen-bond donors (Lipinski definition) is 1. The van der Waals surface area contributed by atoms with Gasteiger partial charge in [-0.3, -0.25) is 0 Å². The summed E-state index contributed by atoms with van der Waals surface area (Å²) in [4.78, 5) is 8.75. The molecule has 0 aliphatic heterocycles. The first-order valence-corrected chi connectivity index (χ1v) is 12.8. The van der Waals surface area contributed by atoms with E-state index in [0.717, 1.165) is 16.7 Å². The largest absolute Gasteiger partial charge is 0.390 e. The molecule has 214 valence electrons. The van der Waals surface area contributed by atoms with Gasteiger partial charge in [0.15, 0.2) is 5.82 Å². The Morgan fingerprint density at radius 3 is 1.63 bits per heavy atom. The number of hydrogen-bond acceptors (Lipinski definition) is 11. The minimum Gasteiger partial charge on any atom is -0.390 e. The molecule has 11 heteroatoms. The van der Waals surface area contributed by atoms with Gasteiger partial charge in [-0.15, -0.1) is 0 Å². The van der Waals surface area contributed by atoms with Crippen LogP contribution in [0.2, 0.25) is 0 Å². The van der Waals surface area contributed by atoms with E-state index in [1.165, 1.54) is 0 Å². The van der Waals surface area contributed by atoms with E-state index in [-0.39, 0.29) is 6.61 Å². The van der Waals surface area contributed by atoms with Crippen molar-refractivity contribution in [2.24, 2.45) is 0 Å². The van der Waals surface area contributed by atoms with E-state index in [4.69, 9.17) is 37.9 Å². The fraction of sp³-hybridized carbons (Fsp3) is 0.630. The summed E-state index contributed by atoms with van der Waals surface area (Å²) in [5, 5.41) is 9.42. The summed E-state index contributed by atoms with van der Waals surface area (Å²) in [7, 11) is 3.28. The van der Waals surface area contributed by atoms with Gasteiger partial charge in [-0.2, -0.15) is 0 Å². The Bertz CT molecular complexity index is 857. The highest BCUT2D eigenvalue weighted by Crippen LogP contribution is 2.21. The van der Waals surface area contributed by atoms with Crippen LogP contribution in [0.15, 0.2) is 30.5 Å². The van der Waals surface area contributed by atoms with Crippen LogP contribution < -0.4 is 0 Å². The maximum atomic E-state index is 9.42. The van der Waals surface area contributed by atoms with Crippen molar-refractivity contribution < 1.29 is 43.0 Å². The number of aliphatic hydroxyl groups is 1. The molecule has 0 bridgehead atoms. The highest BCUT2D eigenvalue weighted by molar-refractivity contribution is 5.57. The molecule has 2 rings (SSSR count). The first-order chi connectivity index (χ1) is 18.8. The number of methoxy groups -OCH3 is 2. The van der Waals surface area contributed by atoms with Crippen LogP contribution in [0.5, 0.6) is 0 Å². The lowest BCUT2D eigenvalue weighted by Crippen LogP contribution is -2.12. The van der Waals surface area contributed by atoms with Crippen LogP contribution in [0.25, 0.3) is 11.4 Å². The van der Waals surface area contributed by atoms with Crippen molar-refractivity contribution in [2.45, 2.75) is 19.8 Å². The smallest absolute Gasteiger partial charge is 0.159 e. The Morgan fingerprint density at radius 2 is 1.11 bits per heavy atom. The van der Waals surface area contributed by atoms with Gasteiger partial charge in [0.1, 0.15) is 0 Å². The third-order valence-electron chi connectivity index (χ3n) is 5.21. The Kier molecular flexibility index (Phi) is 18.5. The van der Waals surface area contributed by atoms with Crippen LogP contribution in [0.3, 0.4) is 0 Å². The third-order valence-corrected chi connectivity index (χ3v) is 5.21. The van der Waals surface area contributed by atoms with Crippen LogP contribution in [-0.4, -0.2) is 109 Å². The van der Waals surface area contributed by atoms with Gasteiger partial charge in [0.05, 0.1) is 105 Å². The molecular formula is C27H42N2O9. The molecule has 0 saturated heterocycles. The van der Waals surface area contributed by atoms with Gasteiger partial charge in [-0.25, -0.2) is 9.97 Å². The number of aromatic nitrogens is 2. The molecule has 0 fully saturated rings. The summed E-state index contributed by atoms with van der Waals surface area (Å²) in [5.74, 6) is 0.545. The Balaban J connectivity index is 1.81. The van der Waals surface area contributed by atoms with E-state index >= 15 is 0 Å². The van der Waals surface area contributed by atoms with Crippen molar-refractivity contribution >= 4 is 0 Å². The van der Waals surface area contributed by atoms with Gasteiger partial charge < -0.3 is 43.0 Å². The van der Waals surface area contributed by atoms with Crippen LogP contribution in [-0.2, 0) is 57.7 Å². The summed E-state index contributed by atoms with van der Waals surface area (Å²) in [6.07, 6.45) is 1.64. The molecule has 38 heavy (non-hydrogen) atoms. The molecule has 0 spiro atoms. The van der Waals surface area contributed by atoms with Gasteiger partial charge in [0.2, 0.25) is 0 Å². The fourth-order valence-electron chi connectivity index (χ4n) is 3.19. The molecule has 0 aliphatic rings. The average molecular weight is 539 g/mol. The molecule has 1 N–H and O–H groups in total. The van der Waals surface area contributed by atoms with Crippen molar-refractivity contribution in [2.75, 3.05) is 93.5 Å². The first kappa shape index (κ1) is 32.2. The number of ether oxygens (including phenoxy) is 8. The third kappa shape index (κ3) is 14.2. The maximum absolute atomic E-state index is 9.42. The van der Waals surface area contributed by atoms with Crippen LogP contribution in [0.4, 0.5) is 0 Å². The molecule has 1 aromatic heterocycles. The summed E-state index contributed by atoms with van der Waals surface area (Å²) in [6, 6.07) is 7.61. The number of nitrogens with zero attached hydrogens (tertiary/aromatic N) is 2. The summed E-state index contributed by atoms with van der Waals surface area (Å²) in [5.41, 5.74) is 3.37. The molecule has 1 aromatic carbocycles. The van der Waals surface area contributed by atoms with E-state index in [9.17, 15) is 5.11 Å². The molecule has 0 atom stereocenters. The normalized spacial score (nSPS) is 11.3. The second-order valence-electron chi connectivity index (χ2n) is 8.05. The van der Waals surface area contributed by atoms with E-state index in [0.29, 0.717) is 104 Å². The molecule has 1 heterocycles. The first-order valence-electron chi connectivity index (χ1n) is 12.8. The van der Waals surface area contributed by atoms with E-state index in [1.807, 2.05) is 18.2 Å². The van der Waals surface area contributed by atoms with E-state index < -0.39 is 0 Å². The monoisotopic (exact) mass is 538 g/mol. The zero-order valence-electron chi connectivity index (χ0n) is 22.6. The zero-order valence-corrected chi connectivity index (χ0v) is 22.6. The van der Waals surface area contributed by atoms with Gasteiger partial charge in [-0.1, -0.05) is 12.1 Å². The van der Waals surface area contributed by atoms with E-state index in [1.54, 1.807) is 26.5 Å². The van der Waals surface area contributed by atoms with Gasteiger partial charge >= 0.3 is 0 Å². The Morgan fingerprint density at radius 1 is 0.605 bits per heavy atom. The van der Waals surface area contributed by atoms with Crippen molar-refractivity contribution in [3.8, 4) is 11.4 Å². The topological polar surface area (TPSA) is 120 Å². The minimum absolute atomic E-state index is 0.143. The van der Waals surface area contributed by atoms with Crippen LogP contribution in [0.1, 0.15) is 16.8 Å². The Labute approximate surface area is 225 Å². The van der Waals surface area contributed by atoms with Crippen molar-refractivity contribution in [1.29, 1.82) is 0 Å². The van der Waals surface area contributed by atoms with E-state index in [2.05, 4.69) is 9.97 Å². The number of aliphatic hydroxyl groups excluding tert-OH is 1. The second kappa shape index (κ2) is 21.8. The quantitative estimate of drug-likeness (QED) is 0.198. The van der Waals surface area contributed by atoms with Gasteiger partial charge in [-0.05, 0) is 23.3 Å². The highest BCUT2D eigenvalue weighted by Gasteiger charge is 2.09. The molecule has 11 nitrogen and oxygen atoms in total. The second-order valence-corrected chi connectivity index (χ2v) is 8.05. The molecular weight excluding hydrogens is 496 g/mol. The zero-order chi connectivity index (χ0) is 27.1. The van der Waals surface area contributed by atoms with Crippen molar-refractivity contribution in [3.05, 3.63) is 47.3 Å². The minimum atomic E-state index is -0.143. The molecule has 0 saturated carbocycles. The van der Waals surface area contributed by atoms with Crippen LogP contribution >= 0.6 is 0 Å². The number of benzene rings is 1. The number of rotatable bonds is 24. The van der Waals surface area contributed by atoms with Crippen LogP contribution in [0, 0.1) is 0 Å².